The Morgan fingerprint density at radius 1 is 1.36 bits per heavy atom. The lowest BCUT2D eigenvalue weighted by molar-refractivity contribution is 0.239. The van der Waals surface area contributed by atoms with Gasteiger partial charge in [0.2, 0.25) is 11.5 Å². The maximum Gasteiger partial charge on any atom is 0.332 e. The summed E-state index contributed by atoms with van der Waals surface area (Å²) in [5.41, 5.74) is 0. The molecule has 1 rings (SSSR count). The quantitative estimate of drug-likeness (QED) is 0.682. The van der Waals surface area contributed by atoms with E-state index in [1.165, 1.54) is 6.92 Å². The topological polar surface area (TPSA) is 62.8 Å². The zero-order valence-electron chi connectivity index (χ0n) is 6.42. The van der Waals surface area contributed by atoms with E-state index < -0.39 is 0 Å². The molecule has 62 valence electrons. The molecular formula is C7H10O4. The minimum Gasteiger partial charge on any atom is -0.502 e. The van der Waals surface area contributed by atoms with E-state index in [1.807, 2.05) is 0 Å². The van der Waals surface area contributed by atoms with Crippen molar-refractivity contribution in [3.63, 3.8) is 0 Å². The fraction of sp³-hybridized carbons (Fsp3) is 0.429. The summed E-state index contributed by atoms with van der Waals surface area (Å²) in [5.74, 6) is -0.355. The van der Waals surface area contributed by atoms with Crippen molar-refractivity contribution in [2.75, 3.05) is 6.61 Å². The van der Waals surface area contributed by atoms with Crippen LogP contribution in [0, 0.1) is 6.92 Å². The molecule has 0 bridgehead atoms. The molecule has 1 aromatic heterocycles. The molecule has 0 radical (unpaired) electrons. The lowest BCUT2D eigenvalue weighted by Gasteiger charge is -1.95. The number of hydrogen-bond donors (Lipinski definition) is 2. The highest BCUT2D eigenvalue weighted by molar-refractivity contribution is 5.46. The molecule has 2 N–H and O–H groups in total. The Kier molecular flexibility index (Phi) is 1.94. The Hall–Kier alpha value is -1.32. The number of hydrogen-bond acceptors (Lipinski definition) is 4. The molecule has 0 saturated heterocycles. The van der Waals surface area contributed by atoms with Crippen molar-refractivity contribution >= 4 is 0 Å². The van der Waals surface area contributed by atoms with Crippen LogP contribution in [0.15, 0.2) is 4.42 Å². The number of rotatable bonds is 2. The first-order valence-corrected chi connectivity index (χ1v) is 3.31. The van der Waals surface area contributed by atoms with Gasteiger partial charge in [0, 0.05) is 0 Å². The van der Waals surface area contributed by atoms with Gasteiger partial charge in [0.25, 0.3) is 0 Å². The van der Waals surface area contributed by atoms with E-state index in [2.05, 4.69) is 0 Å². The van der Waals surface area contributed by atoms with Gasteiger partial charge in [-0.25, -0.2) is 0 Å². The average Bonchev–Trinajstić information content (AvgIpc) is 2.19. The molecule has 1 aromatic rings. The zero-order chi connectivity index (χ0) is 8.43. The molecule has 0 atom stereocenters. The standard InChI is InChI=1S/C7H10O4/c1-3-10-7-6(9)5(8)4(2)11-7/h8-9H,3H2,1-2H3. The molecule has 0 aliphatic carbocycles. The number of aryl methyl sites for hydroxylation is 1. The minimum absolute atomic E-state index is 0.0255. The van der Waals surface area contributed by atoms with Crippen LogP contribution >= 0.6 is 0 Å². The van der Waals surface area contributed by atoms with Crippen molar-refractivity contribution in [2.24, 2.45) is 0 Å². The second kappa shape index (κ2) is 2.74. The Labute approximate surface area is 64.0 Å². The van der Waals surface area contributed by atoms with Gasteiger partial charge >= 0.3 is 5.95 Å². The summed E-state index contributed by atoms with van der Waals surface area (Å²) in [5, 5.41) is 18.1. The summed E-state index contributed by atoms with van der Waals surface area (Å²) >= 11 is 0. The Balaban J connectivity index is 2.98. The molecule has 0 aliphatic rings. The predicted molar refractivity (Wildman–Crippen MR) is 37.9 cm³/mol. The van der Waals surface area contributed by atoms with Gasteiger partial charge in [-0.1, -0.05) is 0 Å². The van der Waals surface area contributed by atoms with Crippen molar-refractivity contribution in [1.29, 1.82) is 0 Å². The minimum atomic E-state index is -0.329. The Morgan fingerprint density at radius 2 is 2.00 bits per heavy atom. The van der Waals surface area contributed by atoms with Gasteiger partial charge in [0.15, 0.2) is 5.76 Å². The van der Waals surface area contributed by atoms with E-state index in [0.29, 0.717) is 6.61 Å². The predicted octanol–water partition coefficient (Wildman–Crippen LogP) is 1.40. The van der Waals surface area contributed by atoms with Crippen LogP contribution in [0.25, 0.3) is 0 Å². The summed E-state index contributed by atoms with van der Waals surface area (Å²) < 4.78 is 9.72. The van der Waals surface area contributed by atoms with Gasteiger partial charge < -0.3 is 19.4 Å². The Bertz CT molecular complexity index is 251. The molecule has 4 nitrogen and oxygen atoms in total. The second-order valence-electron chi connectivity index (χ2n) is 2.08. The summed E-state index contributed by atoms with van der Waals surface area (Å²) in [6.07, 6.45) is 0. The highest BCUT2D eigenvalue weighted by Crippen LogP contribution is 2.40. The fourth-order valence-corrected chi connectivity index (χ4v) is 0.728. The van der Waals surface area contributed by atoms with Crippen LogP contribution in [0.5, 0.6) is 17.4 Å². The van der Waals surface area contributed by atoms with Crippen LogP contribution in [0.3, 0.4) is 0 Å². The average molecular weight is 158 g/mol. The molecule has 0 unspecified atom stereocenters. The monoisotopic (exact) mass is 158 g/mol. The van der Waals surface area contributed by atoms with Crippen LogP contribution in [-0.2, 0) is 0 Å². The summed E-state index contributed by atoms with van der Waals surface area (Å²) in [4.78, 5) is 0. The van der Waals surface area contributed by atoms with Gasteiger partial charge in [0.05, 0.1) is 6.61 Å². The molecule has 1 heterocycles. The van der Waals surface area contributed by atoms with Crippen molar-refractivity contribution in [1.82, 2.24) is 0 Å². The fourth-order valence-electron chi connectivity index (χ4n) is 0.728. The van der Waals surface area contributed by atoms with Crippen LogP contribution in [0.4, 0.5) is 0 Å². The summed E-state index contributed by atoms with van der Waals surface area (Å²) in [6, 6.07) is 0. The molecule has 0 amide bonds. The molecule has 11 heavy (non-hydrogen) atoms. The van der Waals surface area contributed by atoms with Gasteiger partial charge in [-0.3, -0.25) is 0 Å². The third-order valence-electron chi connectivity index (χ3n) is 1.27. The van der Waals surface area contributed by atoms with Crippen LogP contribution in [0.2, 0.25) is 0 Å². The molecule has 0 aliphatic heterocycles. The molecule has 0 fully saturated rings. The first-order chi connectivity index (χ1) is 5.16. The van der Waals surface area contributed by atoms with E-state index in [4.69, 9.17) is 19.4 Å². The van der Waals surface area contributed by atoms with Crippen LogP contribution < -0.4 is 4.74 Å². The molecular weight excluding hydrogens is 148 g/mol. The summed E-state index contributed by atoms with van der Waals surface area (Å²) in [7, 11) is 0. The zero-order valence-corrected chi connectivity index (χ0v) is 6.42. The van der Waals surface area contributed by atoms with Crippen LogP contribution in [0.1, 0.15) is 12.7 Å². The molecule has 0 saturated carbocycles. The largest absolute Gasteiger partial charge is 0.502 e. The van der Waals surface area contributed by atoms with E-state index in [9.17, 15) is 0 Å². The maximum absolute atomic E-state index is 9.08. The lowest BCUT2D eigenvalue weighted by atomic mass is 10.4. The lowest BCUT2D eigenvalue weighted by Crippen LogP contribution is -1.88. The normalized spacial score (nSPS) is 10.0. The van der Waals surface area contributed by atoms with Crippen molar-refractivity contribution in [3.05, 3.63) is 5.76 Å². The number of ether oxygens (including phenoxy) is 1. The Morgan fingerprint density at radius 3 is 2.36 bits per heavy atom. The van der Waals surface area contributed by atoms with Crippen LogP contribution in [-0.4, -0.2) is 16.8 Å². The molecule has 4 heteroatoms. The molecule has 0 spiro atoms. The van der Waals surface area contributed by atoms with Gasteiger partial charge in [-0.05, 0) is 13.8 Å². The highest BCUT2D eigenvalue weighted by atomic mass is 16.6. The van der Waals surface area contributed by atoms with Gasteiger partial charge in [0.1, 0.15) is 0 Å². The number of furan rings is 1. The van der Waals surface area contributed by atoms with Gasteiger partial charge in [-0.2, -0.15) is 0 Å². The van der Waals surface area contributed by atoms with Crippen molar-refractivity contribution in [3.8, 4) is 17.4 Å². The van der Waals surface area contributed by atoms with Crippen molar-refractivity contribution in [2.45, 2.75) is 13.8 Å². The maximum atomic E-state index is 9.08. The second-order valence-corrected chi connectivity index (χ2v) is 2.08. The highest BCUT2D eigenvalue weighted by Gasteiger charge is 2.16. The third-order valence-corrected chi connectivity index (χ3v) is 1.27. The first kappa shape index (κ1) is 7.78. The number of aromatic hydroxyl groups is 2. The van der Waals surface area contributed by atoms with E-state index in [0.717, 1.165) is 0 Å². The third kappa shape index (κ3) is 1.24. The molecule has 0 aromatic carbocycles. The SMILES string of the molecule is CCOc1oc(C)c(O)c1O. The van der Waals surface area contributed by atoms with E-state index in [-0.39, 0.29) is 23.2 Å². The van der Waals surface area contributed by atoms with E-state index in [1.54, 1.807) is 6.92 Å². The van der Waals surface area contributed by atoms with E-state index >= 15 is 0 Å². The summed E-state index contributed by atoms with van der Waals surface area (Å²) in [6.45, 7) is 3.69. The van der Waals surface area contributed by atoms with Crippen molar-refractivity contribution < 1.29 is 19.4 Å². The smallest absolute Gasteiger partial charge is 0.332 e. The first-order valence-electron chi connectivity index (χ1n) is 3.31. The van der Waals surface area contributed by atoms with Gasteiger partial charge in [-0.15, -0.1) is 0 Å².